The molecule has 5 nitrogen and oxygen atoms in total. The third kappa shape index (κ3) is 4.53. The topological polar surface area (TPSA) is 66.8 Å². The number of rotatable bonds is 2. The van der Waals surface area contributed by atoms with Gasteiger partial charge < -0.3 is 14.7 Å². The summed E-state index contributed by atoms with van der Waals surface area (Å²) in [7, 11) is 0. The second kappa shape index (κ2) is 6.70. The predicted molar refractivity (Wildman–Crippen MR) is 96.8 cm³/mol. The molecule has 1 aliphatic heterocycles. The van der Waals surface area contributed by atoms with Crippen LogP contribution in [0.15, 0.2) is 24.3 Å². The Labute approximate surface area is 150 Å². The smallest absolute Gasteiger partial charge is 0.410 e. The lowest BCUT2D eigenvalue weighted by atomic mass is 9.77. The third-order valence-electron chi connectivity index (χ3n) is 4.46. The summed E-state index contributed by atoms with van der Waals surface area (Å²) in [6.45, 7) is 12.3. The van der Waals surface area contributed by atoms with E-state index in [1.54, 1.807) is 0 Å². The molecule has 0 aliphatic carbocycles. The van der Waals surface area contributed by atoms with Gasteiger partial charge >= 0.3 is 12.1 Å². The molecule has 2 atom stereocenters. The number of amides is 1. The fraction of sp³-hybridized carbons (Fsp3) is 0.600. The molecule has 1 amide bonds. The van der Waals surface area contributed by atoms with Crippen molar-refractivity contribution in [3.05, 3.63) is 35.4 Å². The monoisotopic (exact) mass is 347 g/mol. The zero-order valence-corrected chi connectivity index (χ0v) is 16.0. The fourth-order valence-electron chi connectivity index (χ4n) is 3.35. The first-order valence-corrected chi connectivity index (χ1v) is 8.70. The Morgan fingerprint density at radius 3 is 2.20 bits per heavy atom. The molecule has 1 N–H and O–H groups in total. The Balaban J connectivity index is 2.34. The van der Waals surface area contributed by atoms with Crippen molar-refractivity contribution >= 4 is 12.1 Å². The number of hydrogen-bond donors (Lipinski definition) is 1. The molecule has 1 aromatic carbocycles. The molecular weight excluding hydrogens is 318 g/mol. The maximum absolute atomic E-state index is 12.4. The number of aliphatic carboxylic acids is 1. The van der Waals surface area contributed by atoms with Crippen LogP contribution in [-0.4, -0.2) is 40.8 Å². The van der Waals surface area contributed by atoms with Crippen molar-refractivity contribution in [3.8, 4) is 0 Å². The molecule has 1 heterocycles. The van der Waals surface area contributed by atoms with Crippen LogP contribution in [0.4, 0.5) is 4.79 Å². The molecule has 5 heteroatoms. The standard InChI is InChI=1S/C20H29NO4/c1-19(2,3)16-10-8-7-9-13(16)14-11-21(12-15(14)17(22)23)18(24)25-20(4,5)6/h7-10,14-15H,11-12H2,1-6H3,(H,22,23)/t14-,15+/m0/s1. The van der Waals surface area contributed by atoms with Gasteiger partial charge in [-0.15, -0.1) is 0 Å². The van der Waals surface area contributed by atoms with Gasteiger partial charge in [0.2, 0.25) is 0 Å². The largest absolute Gasteiger partial charge is 0.481 e. The van der Waals surface area contributed by atoms with Gasteiger partial charge in [-0.1, -0.05) is 45.0 Å². The average molecular weight is 347 g/mol. The fourth-order valence-corrected chi connectivity index (χ4v) is 3.35. The van der Waals surface area contributed by atoms with Gasteiger partial charge in [0.25, 0.3) is 0 Å². The molecule has 0 saturated carbocycles. The minimum atomic E-state index is -0.875. The van der Waals surface area contributed by atoms with E-state index in [0.717, 1.165) is 11.1 Å². The normalized spacial score (nSPS) is 21.3. The Bertz CT molecular complexity index is 654. The van der Waals surface area contributed by atoms with Gasteiger partial charge in [-0.3, -0.25) is 4.79 Å². The molecule has 0 aromatic heterocycles. The Kier molecular flexibility index (Phi) is 5.17. The van der Waals surface area contributed by atoms with Crippen molar-refractivity contribution in [2.45, 2.75) is 58.5 Å². The highest BCUT2D eigenvalue weighted by molar-refractivity contribution is 5.76. The summed E-state index contributed by atoms with van der Waals surface area (Å²) < 4.78 is 5.43. The van der Waals surface area contributed by atoms with Crippen molar-refractivity contribution in [2.24, 2.45) is 5.92 Å². The Morgan fingerprint density at radius 1 is 1.08 bits per heavy atom. The van der Waals surface area contributed by atoms with Crippen LogP contribution < -0.4 is 0 Å². The molecule has 0 unspecified atom stereocenters. The van der Waals surface area contributed by atoms with Crippen LogP contribution in [0, 0.1) is 5.92 Å². The van der Waals surface area contributed by atoms with Gasteiger partial charge in [0.05, 0.1) is 5.92 Å². The van der Waals surface area contributed by atoms with Gasteiger partial charge in [0.1, 0.15) is 5.60 Å². The second-order valence-electron chi connectivity index (χ2n) is 8.77. The molecule has 0 radical (unpaired) electrons. The molecule has 1 fully saturated rings. The number of carbonyl (C=O) groups excluding carboxylic acids is 1. The highest BCUT2D eigenvalue weighted by Crippen LogP contribution is 2.39. The first-order chi connectivity index (χ1) is 11.4. The van der Waals surface area contributed by atoms with Gasteiger partial charge in [0.15, 0.2) is 0 Å². The first kappa shape index (κ1) is 19.3. The van der Waals surface area contributed by atoms with E-state index in [0.29, 0.717) is 6.54 Å². The first-order valence-electron chi connectivity index (χ1n) is 8.70. The van der Waals surface area contributed by atoms with E-state index in [1.807, 2.05) is 45.0 Å². The molecule has 138 valence electrons. The highest BCUT2D eigenvalue weighted by Gasteiger charge is 2.43. The summed E-state index contributed by atoms with van der Waals surface area (Å²) in [6.07, 6.45) is -0.450. The van der Waals surface area contributed by atoms with Crippen LogP contribution in [0.3, 0.4) is 0 Å². The van der Waals surface area contributed by atoms with Crippen LogP contribution in [0.2, 0.25) is 0 Å². The predicted octanol–water partition coefficient (Wildman–Crippen LogP) is 4.02. The minimum Gasteiger partial charge on any atom is -0.481 e. The van der Waals surface area contributed by atoms with Crippen LogP contribution in [0.25, 0.3) is 0 Å². The summed E-state index contributed by atoms with van der Waals surface area (Å²) in [5.74, 6) is -1.74. The van der Waals surface area contributed by atoms with Gasteiger partial charge in [0, 0.05) is 19.0 Å². The molecule has 0 spiro atoms. The minimum absolute atomic E-state index is 0.0982. The highest BCUT2D eigenvalue weighted by atomic mass is 16.6. The third-order valence-corrected chi connectivity index (χ3v) is 4.46. The number of carboxylic acid groups (broad SMARTS) is 1. The van der Waals surface area contributed by atoms with Crippen LogP contribution >= 0.6 is 0 Å². The van der Waals surface area contributed by atoms with Crippen LogP contribution in [-0.2, 0) is 14.9 Å². The van der Waals surface area contributed by atoms with Crippen molar-refractivity contribution < 1.29 is 19.4 Å². The number of ether oxygens (including phenoxy) is 1. The second-order valence-corrected chi connectivity index (χ2v) is 8.77. The molecule has 0 bridgehead atoms. The zero-order valence-electron chi connectivity index (χ0n) is 16.0. The Morgan fingerprint density at radius 2 is 1.68 bits per heavy atom. The molecule has 1 aromatic rings. The average Bonchev–Trinajstić information content (AvgIpc) is 2.90. The van der Waals surface area contributed by atoms with Crippen molar-refractivity contribution in [2.75, 3.05) is 13.1 Å². The van der Waals surface area contributed by atoms with E-state index >= 15 is 0 Å². The summed E-state index contributed by atoms with van der Waals surface area (Å²) in [5, 5.41) is 9.69. The van der Waals surface area contributed by atoms with Gasteiger partial charge in [-0.25, -0.2) is 4.79 Å². The summed E-state index contributed by atoms with van der Waals surface area (Å²) >= 11 is 0. The molecule has 25 heavy (non-hydrogen) atoms. The van der Waals surface area contributed by atoms with Crippen LogP contribution in [0.1, 0.15) is 58.6 Å². The number of benzene rings is 1. The maximum atomic E-state index is 12.4. The molecule has 1 aliphatic rings. The van der Waals surface area contributed by atoms with Crippen molar-refractivity contribution in [3.63, 3.8) is 0 Å². The van der Waals surface area contributed by atoms with Crippen molar-refractivity contribution in [1.82, 2.24) is 4.90 Å². The lowest BCUT2D eigenvalue weighted by Crippen LogP contribution is -2.35. The van der Waals surface area contributed by atoms with Gasteiger partial charge in [-0.05, 0) is 37.3 Å². The van der Waals surface area contributed by atoms with E-state index in [-0.39, 0.29) is 17.9 Å². The number of likely N-dealkylation sites (tertiary alicyclic amines) is 1. The number of carboxylic acids is 1. The summed E-state index contributed by atoms with van der Waals surface area (Å²) in [6, 6.07) is 7.93. The molecule has 2 rings (SSSR count). The lowest BCUT2D eigenvalue weighted by molar-refractivity contribution is -0.141. The number of carbonyl (C=O) groups is 2. The van der Waals surface area contributed by atoms with E-state index in [9.17, 15) is 14.7 Å². The van der Waals surface area contributed by atoms with E-state index in [1.165, 1.54) is 4.90 Å². The Hall–Kier alpha value is -2.04. The van der Waals surface area contributed by atoms with E-state index in [4.69, 9.17) is 4.74 Å². The summed E-state index contributed by atoms with van der Waals surface area (Å²) in [4.78, 5) is 25.7. The molecular formula is C20H29NO4. The van der Waals surface area contributed by atoms with E-state index in [2.05, 4.69) is 20.8 Å². The molecule has 1 saturated heterocycles. The lowest BCUT2D eigenvalue weighted by Gasteiger charge is -2.27. The number of hydrogen-bond acceptors (Lipinski definition) is 3. The van der Waals surface area contributed by atoms with Crippen LogP contribution in [0.5, 0.6) is 0 Å². The zero-order chi connectivity index (χ0) is 19.0. The van der Waals surface area contributed by atoms with E-state index < -0.39 is 23.6 Å². The quantitative estimate of drug-likeness (QED) is 0.877. The SMILES string of the molecule is CC(C)(C)OC(=O)N1C[C@@H](C(=O)O)[C@H](c2ccccc2C(C)(C)C)C1. The number of nitrogens with zero attached hydrogens (tertiary/aromatic N) is 1. The van der Waals surface area contributed by atoms with Gasteiger partial charge in [-0.2, -0.15) is 0 Å². The summed E-state index contributed by atoms with van der Waals surface area (Å²) in [5.41, 5.74) is 1.43. The van der Waals surface area contributed by atoms with Crippen molar-refractivity contribution in [1.29, 1.82) is 0 Å². The maximum Gasteiger partial charge on any atom is 0.410 e.